The van der Waals surface area contributed by atoms with Gasteiger partial charge < -0.3 is 10.5 Å². The Balaban J connectivity index is 1.27. The number of aryl methyl sites for hydroxylation is 2. The number of aromatic nitrogens is 2. The normalized spacial score (nSPS) is 20.2. The quantitative estimate of drug-likeness (QED) is 0.254. The number of hydrogen-bond donors (Lipinski definition) is 3. The van der Waals surface area contributed by atoms with Gasteiger partial charge in [0.05, 0.1) is 17.6 Å². The second kappa shape index (κ2) is 11.5. The number of fused-ring (bicyclic) bond motifs is 1. The molecule has 1 atom stereocenters. The molecule has 1 aromatic heterocycles. The maximum atomic E-state index is 13.0. The molecule has 0 spiro atoms. The zero-order valence-electron chi connectivity index (χ0n) is 19.6. The van der Waals surface area contributed by atoms with Gasteiger partial charge in [-0.3, -0.25) is 24.0 Å². The molecule has 186 valence electrons. The minimum absolute atomic E-state index is 0.232. The Morgan fingerprint density at radius 2 is 1.97 bits per heavy atom. The third kappa shape index (κ3) is 5.72. The van der Waals surface area contributed by atoms with E-state index in [9.17, 15) is 14.4 Å². The SMILES string of the molecule is Cn1c(=O)n(C2CCC(=O)NC2=O)c2cccc(CCCOCCNSN3CCC(N)CC3)c21. The van der Waals surface area contributed by atoms with Gasteiger partial charge in [0, 0.05) is 57.9 Å². The second-order valence-corrected chi connectivity index (χ2v) is 9.92. The summed E-state index contributed by atoms with van der Waals surface area (Å²) < 4.78 is 14.5. The van der Waals surface area contributed by atoms with E-state index < -0.39 is 11.9 Å². The van der Waals surface area contributed by atoms with Gasteiger partial charge in [0.2, 0.25) is 11.8 Å². The third-order valence-electron chi connectivity index (χ3n) is 6.48. The van der Waals surface area contributed by atoms with Gasteiger partial charge in [-0.2, -0.15) is 0 Å². The predicted octanol–water partition coefficient (Wildman–Crippen LogP) is 0.843. The summed E-state index contributed by atoms with van der Waals surface area (Å²) in [5.74, 6) is -0.708. The number of imidazole rings is 1. The highest BCUT2D eigenvalue weighted by Gasteiger charge is 2.31. The van der Waals surface area contributed by atoms with Gasteiger partial charge in [-0.15, -0.1) is 0 Å². The summed E-state index contributed by atoms with van der Waals surface area (Å²) >= 11 is 1.64. The zero-order valence-corrected chi connectivity index (χ0v) is 20.4. The molecule has 2 aromatic rings. The van der Waals surface area contributed by atoms with Crippen LogP contribution in [0.5, 0.6) is 0 Å². The van der Waals surface area contributed by atoms with Crippen LogP contribution in [-0.4, -0.2) is 64.1 Å². The lowest BCUT2D eigenvalue weighted by Crippen LogP contribution is -2.44. The van der Waals surface area contributed by atoms with Crippen molar-refractivity contribution in [2.45, 2.75) is 50.6 Å². The van der Waals surface area contributed by atoms with Crippen molar-refractivity contribution < 1.29 is 14.3 Å². The predicted molar refractivity (Wildman–Crippen MR) is 132 cm³/mol. The summed E-state index contributed by atoms with van der Waals surface area (Å²) in [6.07, 6.45) is 4.24. The first-order chi connectivity index (χ1) is 16.5. The number of carbonyl (C=O) groups excluding carboxylic acids is 2. The summed E-state index contributed by atoms with van der Waals surface area (Å²) in [6.45, 7) is 4.06. The van der Waals surface area contributed by atoms with Crippen LogP contribution in [0.25, 0.3) is 11.0 Å². The molecule has 0 aliphatic carbocycles. The topological polar surface area (TPSA) is 124 Å². The van der Waals surface area contributed by atoms with Crippen LogP contribution in [0.2, 0.25) is 0 Å². The minimum atomic E-state index is -0.667. The smallest absolute Gasteiger partial charge is 0.329 e. The van der Waals surface area contributed by atoms with E-state index >= 15 is 0 Å². The molecule has 10 nitrogen and oxygen atoms in total. The number of ether oxygens (including phenoxy) is 1. The van der Waals surface area contributed by atoms with Crippen LogP contribution >= 0.6 is 12.1 Å². The number of para-hydroxylation sites is 1. The van der Waals surface area contributed by atoms with Crippen molar-refractivity contribution >= 4 is 35.0 Å². The van der Waals surface area contributed by atoms with Crippen molar-refractivity contribution in [2.24, 2.45) is 12.8 Å². The van der Waals surface area contributed by atoms with E-state index in [1.165, 1.54) is 4.57 Å². The van der Waals surface area contributed by atoms with Crippen molar-refractivity contribution in [3.63, 3.8) is 0 Å². The molecule has 2 aliphatic heterocycles. The Labute approximate surface area is 203 Å². The highest BCUT2D eigenvalue weighted by atomic mass is 32.2. The molecule has 0 bridgehead atoms. The standard InChI is InChI=1S/C23H34N6O4S/c1-27-21-16(5-3-14-33-15-11-25-34-28-12-9-17(24)10-13-28)4-2-6-18(21)29(23(27)32)19-7-8-20(30)26-22(19)31/h2,4,6,17,19,25H,3,5,7-15,24H2,1H3,(H,26,30,31). The lowest BCUT2D eigenvalue weighted by Gasteiger charge is -2.28. The fraction of sp³-hybridized carbons (Fsp3) is 0.609. The Kier molecular flexibility index (Phi) is 8.43. The largest absolute Gasteiger partial charge is 0.380 e. The van der Waals surface area contributed by atoms with Crippen LogP contribution in [0, 0.1) is 0 Å². The number of carbonyl (C=O) groups is 2. The molecule has 2 fully saturated rings. The Hall–Kier alpha value is -2.18. The van der Waals surface area contributed by atoms with E-state index in [0.717, 1.165) is 61.9 Å². The minimum Gasteiger partial charge on any atom is -0.380 e. The van der Waals surface area contributed by atoms with Gasteiger partial charge in [0.1, 0.15) is 6.04 Å². The maximum absolute atomic E-state index is 13.0. The number of nitrogens with zero attached hydrogens (tertiary/aromatic N) is 3. The number of piperidine rings is 2. The van der Waals surface area contributed by atoms with E-state index in [4.69, 9.17) is 10.5 Å². The number of imide groups is 1. The molecule has 34 heavy (non-hydrogen) atoms. The Morgan fingerprint density at radius 3 is 2.74 bits per heavy atom. The molecule has 3 heterocycles. The van der Waals surface area contributed by atoms with E-state index in [1.807, 2.05) is 18.2 Å². The second-order valence-electron chi connectivity index (χ2n) is 8.93. The number of rotatable bonds is 10. The molecule has 4 N–H and O–H groups in total. The Morgan fingerprint density at radius 1 is 1.18 bits per heavy atom. The average Bonchev–Trinajstić information content (AvgIpc) is 3.07. The lowest BCUT2D eigenvalue weighted by molar-refractivity contribution is -0.135. The fourth-order valence-corrected chi connectivity index (χ4v) is 5.39. The molecule has 2 amide bonds. The third-order valence-corrected chi connectivity index (χ3v) is 7.44. The first kappa shape index (κ1) is 24.9. The molecular formula is C23H34N6O4S. The summed E-state index contributed by atoms with van der Waals surface area (Å²) in [4.78, 5) is 36.9. The molecule has 4 rings (SSSR count). The maximum Gasteiger partial charge on any atom is 0.329 e. The number of hydrogen-bond acceptors (Lipinski definition) is 8. The van der Waals surface area contributed by atoms with Crippen molar-refractivity contribution in [3.05, 3.63) is 34.2 Å². The van der Waals surface area contributed by atoms with Gasteiger partial charge >= 0.3 is 5.69 Å². The van der Waals surface area contributed by atoms with Gasteiger partial charge in [-0.25, -0.2) is 13.8 Å². The molecule has 0 saturated carbocycles. The highest BCUT2D eigenvalue weighted by molar-refractivity contribution is 7.95. The lowest BCUT2D eigenvalue weighted by atomic mass is 10.0. The Bertz CT molecular complexity index is 1080. The number of benzene rings is 1. The van der Waals surface area contributed by atoms with Gasteiger partial charge in [0.15, 0.2) is 0 Å². The molecule has 2 aliphatic rings. The summed E-state index contributed by atoms with van der Waals surface area (Å²) in [5.41, 5.74) is 8.29. The van der Waals surface area contributed by atoms with Gasteiger partial charge in [-0.1, -0.05) is 12.1 Å². The molecule has 2 saturated heterocycles. The summed E-state index contributed by atoms with van der Waals surface area (Å²) in [7, 11) is 1.73. The fourth-order valence-electron chi connectivity index (χ4n) is 4.64. The van der Waals surface area contributed by atoms with Crippen LogP contribution in [0.3, 0.4) is 0 Å². The van der Waals surface area contributed by atoms with Crippen LogP contribution in [0.1, 0.15) is 43.7 Å². The van der Waals surface area contributed by atoms with Crippen LogP contribution in [0.4, 0.5) is 0 Å². The van der Waals surface area contributed by atoms with Crippen LogP contribution in [-0.2, 0) is 27.8 Å². The van der Waals surface area contributed by atoms with Crippen molar-refractivity contribution in [2.75, 3.05) is 32.8 Å². The van der Waals surface area contributed by atoms with Gasteiger partial charge in [-0.05, 0) is 43.7 Å². The summed E-state index contributed by atoms with van der Waals surface area (Å²) in [6, 6.07) is 5.46. The number of nitrogens with two attached hydrogens (primary N) is 1. The van der Waals surface area contributed by atoms with Crippen molar-refractivity contribution in [3.8, 4) is 0 Å². The first-order valence-corrected chi connectivity index (χ1v) is 12.7. The average molecular weight is 491 g/mol. The zero-order chi connectivity index (χ0) is 24.1. The number of nitrogens with one attached hydrogen (secondary N) is 2. The van der Waals surface area contributed by atoms with Crippen molar-refractivity contribution in [1.82, 2.24) is 23.5 Å². The van der Waals surface area contributed by atoms with Crippen LogP contribution < -0.4 is 21.5 Å². The van der Waals surface area contributed by atoms with Gasteiger partial charge in [0.25, 0.3) is 0 Å². The first-order valence-electron chi connectivity index (χ1n) is 12.0. The number of amides is 2. The molecular weight excluding hydrogens is 456 g/mol. The van der Waals surface area contributed by atoms with E-state index in [0.29, 0.717) is 25.7 Å². The van der Waals surface area contributed by atoms with E-state index in [-0.39, 0.29) is 18.0 Å². The van der Waals surface area contributed by atoms with Crippen molar-refractivity contribution in [1.29, 1.82) is 0 Å². The monoisotopic (exact) mass is 490 g/mol. The molecule has 11 heteroatoms. The molecule has 1 unspecified atom stereocenters. The van der Waals surface area contributed by atoms with E-state index in [1.54, 1.807) is 23.7 Å². The highest BCUT2D eigenvalue weighted by Crippen LogP contribution is 2.25. The molecule has 0 radical (unpaired) electrons. The van der Waals surface area contributed by atoms with E-state index in [2.05, 4.69) is 14.3 Å². The summed E-state index contributed by atoms with van der Waals surface area (Å²) in [5, 5.41) is 2.35. The van der Waals surface area contributed by atoms with Crippen LogP contribution in [0.15, 0.2) is 23.0 Å². The molecule has 1 aromatic carbocycles.